The summed E-state index contributed by atoms with van der Waals surface area (Å²) in [7, 11) is 0.00310. The highest BCUT2D eigenvalue weighted by Crippen LogP contribution is 2.18. The van der Waals surface area contributed by atoms with Crippen LogP contribution in [-0.4, -0.2) is 37.4 Å². The Bertz CT molecular complexity index is 551. The summed E-state index contributed by atoms with van der Waals surface area (Å²) in [6.45, 7) is 0. The van der Waals surface area contributed by atoms with Crippen molar-refractivity contribution in [2.75, 3.05) is 0 Å². The Hall–Kier alpha value is -1.45. The van der Waals surface area contributed by atoms with Crippen molar-refractivity contribution in [3.63, 3.8) is 0 Å². The molecule has 1 aromatic heterocycles. The number of aromatic nitrogens is 4. The molecule has 0 amide bonds. The Morgan fingerprint density at radius 2 is 2.22 bits per heavy atom. The third-order valence-corrected chi connectivity index (χ3v) is 3.38. The standard InChI is InChI=1S/C9H10BFN4O2S/c1-15-9(12-13-14-15)18-5-6-2-3-7(11)4-8(6)10(16)17/h2-4,16-17H,5H2,1H3. The van der Waals surface area contributed by atoms with Crippen molar-refractivity contribution >= 4 is 24.3 Å². The summed E-state index contributed by atoms with van der Waals surface area (Å²) in [6, 6.07) is 3.90. The zero-order chi connectivity index (χ0) is 13.1. The minimum atomic E-state index is -1.70. The molecule has 18 heavy (non-hydrogen) atoms. The van der Waals surface area contributed by atoms with E-state index < -0.39 is 12.9 Å². The highest BCUT2D eigenvalue weighted by Gasteiger charge is 2.17. The molecule has 6 nitrogen and oxygen atoms in total. The molecule has 0 aliphatic heterocycles. The van der Waals surface area contributed by atoms with Gasteiger partial charge in [0.15, 0.2) is 0 Å². The van der Waals surface area contributed by atoms with E-state index >= 15 is 0 Å². The number of nitrogens with zero attached hydrogens (tertiary/aromatic N) is 4. The number of hydrogen-bond donors (Lipinski definition) is 2. The number of halogens is 1. The van der Waals surface area contributed by atoms with Crippen LogP contribution in [0.3, 0.4) is 0 Å². The molecular weight excluding hydrogens is 258 g/mol. The van der Waals surface area contributed by atoms with Crippen LogP contribution in [0.15, 0.2) is 23.4 Å². The zero-order valence-corrected chi connectivity index (χ0v) is 10.3. The van der Waals surface area contributed by atoms with Crippen LogP contribution in [0.1, 0.15) is 5.56 Å². The van der Waals surface area contributed by atoms with Crippen LogP contribution in [0.5, 0.6) is 0 Å². The van der Waals surface area contributed by atoms with E-state index in [4.69, 9.17) is 0 Å². The first-order chi connectivity index (χ1) is 8.58. The minimum Gasteiger partial charge on any atom is -0.423 e. The Morgan fingerprint density at radius 3 is 2.83 bits per heavy atom. The van der Waals surface area contributed by atoms with Gasteiger partial charge in [-0.25, -0.2) is 9.07 Å². The van der Waals surface area contributed by atoms with Crippen LogP contribution in [0.4, 0.5) is 4.39 Å². The molecule has 0 saturated heterocycles. The number of thioether (sulfide) groups is 1. The van der Waals surface area contributed by atoms with E-state index in [1.54, 1.807) is 7.05 Å². The summed E-state index contributed by atoms with van der Waals surface area (Å²) in [5.74, 6) is -0.0891. The summed E-state index contributed by atoms with van der Waals surface area (Å²) in [5, 5.41) is 29.9. The number of benzene rings is 1. The lowest BCUT2D eigenvalue weighted by atomic mass is 9.77. The average molecular weight is 268 g/mol. The molecule has 2 aromatic rings. The maximum Gasteiger partial charge on any atom is 0.488 e. The third-order valence-electron chi connectivity index (χ3n) is 2.32. The second-order valence-electron chi connectivity index (χ2n) is 3.59. The lowest BCUT2D eigenvalue weighted by Gasteiger charge is -2.08. The first-order valence-electron chi connectivity index (χ1n) is 5.07. The van der Waals surface area contributed by atoms with Crippen molar-refractivity contribution in [2.45, 2.75) is 10.9 Å². The van der Waals surface area contributed by atoms with Gasteiger partial charge in [-0.1, -0.05) is 17.8 Å². The van der Waals surface area contributed by atoms with Gasteiger partial charge in [0.2, 0.25) is 5.16 Å². The quantitative estimate of drug-likeness (QED) is 0.564. The van der Waals surface area contributed by atoms with Crippen LogP contribution in [0, 0.1) is 5.82 Å². The SMILES string of the molecule is Cn1nnnc1SCc1ccc(F)cc1B(O)O. The molecule has 0 aliphatic carbocycles. The Balaban J connectivity index is 2.16. The largest absolute Gasteiger partial charge is 0.488 e. The van der Waals surface area contributed by atoms with Gasteiger partial charge in [0.25, 0.3) is 0 Å². The van der Waals surface area contributed by atoms with Gasteiger partial charge < -0.3 is 10.0 Å². The number of hydrogen-bond acceptors (Lipinski definition) is 6. The topological polar surface area (TPSA) is 84.1 Å². The van der Waals surface area contributed by atoms with Crippen LogP contribution in [0.25, 0.3) is 0 Å². The molecule has 0 radical (unpaired) electrons. The number of rotatable bonds is 4. The molecule has 2 N–H and O–H groups in total. The minimum absolute atomic E-state index is 0.151. The van der Waals surface area contributed by atoms with Crippen molar-refractivity contribution in [1.82, 2.24) is 20.2 Å². The third kappa shape index (κ3) is 2.86. The van der Waals surface area contributed by atoms with Gasteiger partial charge in [-0.05, 0) is 33.6 Å². The van der Waals surface area contributed by atoms with Crippen LogP contribution in [0.2, 0.25) is 0 Å². The summed E-state index contributed by atoms with van der Waals surface area (Å²) < 4.78 is 14.5. The van der Waals surface area contributed by atoms with Crippen molar-refractivity contribution < 1.29 is 14.4 Å². The fraction of sp³-hybridized carbons (Fsp3) is 0.222. The molecule has 0 fully saturated rings. The van der Waals surface area contributed by atoms with E-state index in [1.165, 1.54) is 28.6 Å². The monoisotopic (exact) mass is 268 g/mol. The predicted molar refractivity (Wildman–Crippen MR) is 64.6 cm³/mol. The molecule has 0 saturated carbocycles. The van der Waals surface area contributed by atoms with E-state index in [9.17, 15) is 14.4 Å². The first kappa shape index (κ1) is 13.0. The second kappa shape index (κ2) is 5.47. The van der Waals surface area contributed by atoms with Gasteiger partial charge >= 0.3 is 7.12 Å². The maximum absolute atomic E-state index is 13.0. The van der Waals surface area contributed by atoms with Gasteiger partial charge in [-0.15, -0.1) is 5.10 Å². The van der Waals surface area contributed by atoms with Crippen LogP contribution >= 0.6 is 11.8 Å². The molecular formula is C9H10BFN4O2S. The van der Waals surface area contributed by atoms with E-state index in [0.29, 0.717) is 16.5 Å². The maximum atomic E-state index is 13.0. The van der Waals surface area contributed by atoms with Crippen molar-refractivity contribution in [3.8, 4) is 0 Å². The van der Waals surface area contributed by atoms with Gasteiger partial charge in [0.1, 0.15) is 5.82 Å². The Kier molecular flexibility index (Phi) is 3.95. The van der Waals surface area contributed by atoms with E-state index in [-0.39, 0.29) is 5.46 Å². The predicted octanol–water partition coefficient (Wildman–Crippen LogP) is -0.679. The molecule has 0 atom stereocenters. The van der Waals surface area contributed by atoms with Gasteiger partial charge in [-0.2, -0.15) is 0 Å². The first-order valence-corrected chi connectivity index (χ1v) is 6.06. The number of aryl methyl sites for hydroxylation is 1. The van der Waals surface area contributed by atoms with Crippen molar-refractivity contribution in [2.24, 2.45) is 7.05 Å². The van der Waals surface area contributed by atoms with Crippen LogP contribution in [-0.2, 0) is 12.8 Å². The Labute approximate surface area is 107 Å². The van der Waals surface area contributed by atoms with Gasteiger partial charge in [0, 0.05) is 12.8 Å². The molecule has 1 heterocycles. The lowest BCUT2D eigenvalue weighted by molar-refractivity contribution is 0.425. The Morgan fingerprint density at radius 1 is 1.44 bits per heavy atom. The molecule has 94 valence electrons. The molecule has 2 rings (SSSR count). The van der Waals surface area contributed by atoms with Crippen molar-refractivity contribution in [3.05, 3.63) is 29.6 Å². The fourth-order valence-corrected chi connectivity index (χ4v) is 2.29. The molecule has 0 aliphatic rings. The zero-order valence-electron chi connectivity index (χ0n) is 9.49. The second-order valence-corrected chi connectivity index (χ2v) is 4.53. The van der Waals surface area contributed by atoms with E-state index in [2.05, 4.69) is 15.5 Å². The smallest absolute Gasteiger partial charge is 0.423 e. The molecule has 9 heteroatoms. The van der Waals surface area contributed by atoms with Crippen molar-refractivity contribution in [1.29, 1.82) is 0 Å². The lowest BCUT2D eigenvalue weighted by Crippen LogP contribution is -2.33. The summed E-state index contributed by atoms with van der Waals surface area (Å²) in [6.07, 6.45) is 0. The molecule has 0 bridgehead atoms. The van der Waals surface area contributed by atoms with Gasteiger partial charge in [-0.3, -0.25) is 0 Å². The molecule has 0 unspecified atom stereocenters. The normalized spacial score (nSPS) is 10.7. The summed E-state index contributed by atoms with van der Waals surface area (Å²) >= 11 is 1.33. The fourth-order valence-electron chi connectivity index (χ4n) is 1.42. The molecule has 0 spiro atoms. The van der Waals surface area contributed by atoms with E-state index in [0.717, 1.165) is 6.07 Å². The van der Waals surface area contributed by atoms with Crippen LogP contribution < -0.4 is 5.46 Å². The summed E-state index contributed by atoms with van der Waals surface area (Å²) in [4.78, 5) is 0. The van der Waals surface area contributed by atoms with E-state index in [1.807, 2.05) is 0 Å². The number of tetrazole rings is 1. The van der Waals surface area contributed by atoms with Gasteiger partial charge in [0.05, 0.1) is 0 Å². The average Bonchev–Trinajstić information content (AvgIpc) is 2.73. The highest BCUT2D eigenvalue weighted by atomic mass is 32.2. The highest BCUT2D eigenvalue weighted by molar-refractivity contribution is 7.98. The summed E-state index contributed by atoms with van der Waals surface area (Å²) in [5.41, 5.74) is 0.775. The molecule has 1 aromatic carbocycles.